The van der Waals surface area contributed by atoms with Crippen LogP contribution in [0.3, 0.4) is 0 Å². The molecule has 27 heavy (non-hydrogen) atoms. The Bertz CT molecular complexity index is 842. The summed E-state index contributed by atoms with van der Waals surface area (Å²) in [7, 11) is 0. The number of hydrogen-bond donors (Lipinski definition) is 0. The lowest BCUT2D eigenvalue weighted by atomic mass is 9.94. The molecular weight excluding hydrogens is 360 g/mol. The smallest absolute Gasteiger partial charge is 0.230 e. The van der Waals surface area contributed by atoms with Gasteiger partial charge < -0.3 is 9.80 Å². The zero-order chi connectivity index (χ0) is 18.8. The first-order chi connectivity index (χ1) is 13.1. The zero-order valence-electron chi connectivity index (χ0n) is 15.2. The highest BCUT2D eigenvalue weighted by Gasteiger charge is 2.33. The minimum Gasteiger partial charge on any atom is -0.342 e. The van der Waals surface area contributed by atoms with E-state index in [1.165, 1.54) is 5.56 Å². The highest BCUT2D eigenvalue weighted by molar-refractivity contribution is 6.30. The molecule has 0 spiro atoms. The van der Waals surface area contributed by atoms with Crippen LogP contribution in [0.1, 0.15) is 24.0 Å². The van der Waals surface area contributed by atoms with Crippen molar-refractivity contribution in [3.63, 3.8) is 0 Å². The molecule has 0 saturated carbocycles. The summed E-state index contributed by atoms with van der Waals surface area (Å²) >= 11 is 5.90. The van der Waals surface area contributed by atoms with Crippen LogP contribution in [0, 0.1) is 5.92 Å². The van der Waals surface area contributed by atoms with Crippen molar-refractivity contribution in [1.82, 2.24) is 4.90 Å². The van der Waals surface area contributed by atoms with Crippen molar-refractivity contribution in [2.24, 2.45) is 5.92 Å². The molecule has 0 aromatic heterocycles. The first-order valence-corrected chi connectivity index (χ1v) is 9.91. The summed E-state index contributed by atoms with van der Waals surface area (Å²) in [4.78, 5) is 29.3. The number of carbonyl (C=O) groups excluding carboxylic acids is 2. The number of para-hydroxylation sites is 1. The van der Waals surface area contributed by atoms with Gasteiger partial charge in [0.2, 0.25) is 11.8 Å². The highest BCUT2D eigenvalue weighted by Crippen LogP contribution is 2.31. The van der Waals surface area contributed by atoms with Gasteiger partial charge in [-0.3, -0.25) is 9.59 Å². The second-order valence-electron chi connectivity index (χ2n) is 7.33. The van der Waals surface area contributed by atoms with E-state index in [1.54, 1.807) is 0 Å². The summed E-state index contributed by atoms with van der Waals surface area (Å²) in [6.45, 7) is 2.07. The summed E-state index contributed by atoms with van der Waals surface area (Å²) < 4.78 is 0. The monoisotopic (exact) mass is 382 g/mol. The first-order valence-electron chi connectivity index (χ1n) is 9.53. The van der Waals surface area contributed by atoms with E-state index in [2.05, 4.69) is 6.07 Å². The maximum absolute atomic E-state index is 13.0. The number of anilines is 1. The molecule has 0 aliphatic carbocycles. The number of piperidine rings is 1. The van der Waals surface area contributed by atoms with E-state index in [0.717, 1.165) is 37.1 Å². The van der Waals surface area contributed by atoms with Crippen molar-refractivity contribution in [2.75, 3.05) is 24.5 Å². The number of benzene rings is 2. The van der Waals surface area contributed by atoms with Crippen LogP contribution >= 0.6 is 11.6 Å². The number of amides is 2. The zero-order valence-corrected chi connectivity index (χ0v) is 16.0. The molecule has 4 nitrogen and oxygen atoms in total. The van der Waals surface area contributed by atoms with E-state index in [-0.39, 0.29) is 17.7 Å². The number of carbonyl (C=O) groups is 2. The molecule has 0 N–H and O–H groups in total. The molecule has 2 aromatic rings. The Morgan fingerprint density at radius 1 is 0.963 bits per heavy atom. The predicted molar refractivity (Wildman–Crippen MR) is 107 cm³/mol. The molecule has 4 rings (SSSR count). The minimum atomic E-state index is 0.00994. The molecule has 1 saturated heterocycles. The van der Waals surface area contributed by atoms with Gasteiger partial charge in [0.25, 0.3) is 0 Å². The van der Waals surface area contributed by atoms with Gasteiger partial charge in [-0.05, 0) is 48.6 Å². The third-order valence-corrected chi connectivity index (χ3v) is 5.87. The van der Waals surface area contributed by atoms with Crippen molar-refractivity contribution in [3.05, 3.63) is 64.7 Å². The molecule has 5 heteroatoms. The van der Waals surface area contributed by atoms with Crippen LogP contribution in [0.2, 0.25) is 5.02 Å². The van der Waals surface area contributed by atoms with Gasteiger partial charge in [0.15, 0.2) is 0 Å². The van der Waals surface area contributed by atoms with Crippen molar-refractivity contribution in [3.8, 4) is 0 Å². The maximum atomic E-state index is 13.0. The maximum Gasteiger partial charge on any atom is 0.230 e. The minimum absolute atomic E-state index is 0.00994. The fraction of sp³-hybridized carbons (Fsp3) is 0.364. The summed E-state index contributed by atoms with van der Waals surface area (Å²) in [6, 6.07) is 15.5. The predicted octanol–water partition coefficient (Wildman–Crippen LogP) is 3.71. The van der Waals surface area contributed by atoms with E-state index in [9.17, 15) is 9.59 Å². The van der Waals surface area contributed by atoms with E-state index in [0.29, 0.717) is 24.5 Å². The normalized spacial score (nSPS) is 17.1. The lowest BCUT2D eigenvalue weighted by molar-refractivity contribution is -0.134. The SMILES string of the molecule is O=C(Cc1ccc(Cl)cc1)N1CCC(C(=O)N2CCc3ccccc32)CC1. The summed E-state index contributed by atoms with van der Waals surface area (Å²) in [6.07, 6.45) is 2.79. The van der Waals surface area contributed by atoms with Crippen LogP contribution in [0.15, 0.2) is 48.5 Å². The Morgan fingerprint density at radius 3 is 2.41 bits per heavy atom. The number of nitrogens with zero attached hydrogens (tertiary/aromatic N) is 2. The average molecular weight is 383 g/mol. The van der Waals surface area contributed by atoms with Crippen molar-refractivity contribution < 1.29 is 9.59 Å². The average Bonchev–Trinajstić information content (AvgIpc) is 3.13. The largest absolute Gasteiger partial charge is 0.342 e. The van der Waals surface area contributed by atoms with Crippen LogP contribution < -0.4 is 4.90 Å². The molecule has 0 unspecified atom stereocenters. The molecule has 0 radical (unpaired) electrons. The van der Waals surface area contributed by atoms with Gasteiger partial charge >= 0.3 is 0 Å². The Hall–Kier alpha value is -2.33. The molecule has 2 amide bonds. The number of hydrogen-bond acceptors (Lipinski definition) is 2. The van der Waals surface area contributed by atoms with E-state index in [1.807, 2.05) is 52.3 Å². The molecule has 2 aliphatic heterocycles. The van der Waals surface area contributed by atoms with Crippen LogP contribution in [-0.2, 0) is 22.4 Å². The fourth-order valence-corrected chi connectivity index (χ4v) is 4.18. The first kappa shape index (κ1) is 18.1. The van der Waals surface area contributed by atoms with Crippen molar-refractivity contribution in [1.29, 1.82) is 0 Å². The van der Waals surface area contributed by atoms with E-state index < -0.39 is 0 Å². The highest BCUT2D eigenvalue weighted by atomic mass is 35.5. The standard InChI is InChI=1S/C22H23ClN2O2/c23-19-7-5-16(6-8-19)15-21(26)24-12-9-18(10-13-24)22(27)25-14-11-17-3-1-2-4-20(17)25/h1-8,18H,9-15H2. The van der Waals surface area contributed by atoms with Crippen LogP contribution in [0.25, 0.3) is 0 Å². The van der Waals surface area contributed by atoms with Crippen LogP contribution in [0.5, 0.6) is 0 Å². The van der Waals surface area contributed by atoms with Crippen LogP contribution in [0.4, 0.5) is 5.69 Å². The van der Waals surface area contributed by atoms with E-state index in [4.69, 9.17) is 11.6 Å². The third kappa shape index (κ3) is 3.86. The second-order valence-corrected chi connectivity index (χ2v) is 7.76. The van der Waals surface area contributed by atoms with Crippen molar-refractivity contribution in [2.45, 2.75) is 25.7 Å². The van der Waals surface area contributed by atoms with Gasteiger partial charge in [0, 0.05) is 36.3 Å². The summed E-state index contributed by atoms with van der Waals surface area (Å²) in [5.74, 6) is 0.343. The number of likely N-dealkylation sites (tertiary alicyclic amines) is 1. The lowest BCUT2D eigenvalue weighted by Gasteiger charge is -2.33. The molecule has 0 atom stereocenters. The van der Waals surface area contributed by atoms with Gasteiger partial charge in [0.05, 0.1) is 6.42 Å². The van der Waals surface area contributed by atoms with Gasteiger partial charge in [-0.25, -0.2) is 0 Å². The Kier molecular flexibility index (Phi) is 5.17. The number of rotatable bonds is 3. The third-order valence-electron chi connectivity index (χ3n) is 5.62. The molecule has 0 bridgehead atoms. The molecule has 2 aliphatic rings. The Labute approximate surface area is 164 Å². The molecule has 2 heterocycles. The van der Waals surface area contributed by atoms with Gasteiger partial charge in [-0.2, -0.15) is 0 Å². The number of halogens is 1. The molecule has 140 valence electrons. The molecule has 2 aromatic carbocycles. The molecule has 1 fully saturated rings. The van der Waals surface area contributed by atoms with Gasteiger partial charge in [-0.15, -0.1) is 0 Å². The Morgan fingerprint density at radius 2 is 1.67 bits per heavy atom. The Balaban J connectivity index is 1.33. The quantitative estimate of drug-likeness (QED) is 0.811. The second kappa shape index (κ2) is 7.73. The number of fused-ring (bicyclic) bond motifs is 1. The summed E-state index contributed by atoms with van der Waals surface area (Å²) in [5, 5.41) is 0.675. The lowest BCUT2D eigenvalue weighted by Crippen LogP contribution is -2.44. The van der Waals surface area contributed by atoms with Gasteiger partial charge in [0.1, 0.15) is 0 Å². The van der Waals surface area contributed by atoms with E-state index >= 15 is 0 Å². The fourth-order valence-electron chi connectivity index (χ4n) is 4.05. The van der Waals surface area contributed by atoms with Gasteiger partial charge in [-0.1, -0.05) is 41.9 Å². The molecular formula is C22H23ClN2O2. The van der Waals surface area contributed by atoms with Crippen LogP contribution in [-0.4, -0.2) is 36.3 Å². The topological polar surface area (TPSA) is 40.6 Å². The summed E-state index contributed by atoms with van der Waals surface area (Å²) in [5.41, 5.74) is 3.28. The van der Waals surface area contributed by atoms with Crippen molar-refractivity contribution >= 4 is 29.1 Å².